The number of halogens is 1. The molecule has 2 N–H and O–H groups in total. The van der Waals surface area contributed by atoms with Gasteiger partial charge < -0.3 is 5.73 Å². The Balaban J connectivity index is 2.64. The molecular weight excluding hydrogens is 252 g/mol. The second kappa shape index (κ2) is 4.03. The van der Waals surface area contributed by atoms with E-state index in [4.69, 9.17) is 5.73 Å². The number of nitrogens with two attached hydrogens (primary N) is 1. The summed E-state index contributed by atoms with van der Waals surface area (Å²) in [7, 11) is 0. The zero-order valence-corrected chi connectivity index (χ0v) is 9.95. The molecule has 1 aromatic carbocycles. The molecule has 0 aliphatic rings. The van der Waals surface area contributed by atoms with E-state index >= 15 is 0 Å². The Morgan fingerprint density at radius 1 is 1.20 bits per heavy atom. The molecule has 0 saturated heterocycles. The average Bonchev–Trinajstić information content (AvgIpc) is 2.23. The minimum atomic E-state index is 0.701. The van der Waals surface area contributed by atoms with Crippen molar-refractivity contribution in [3.05, 3.63) is 46.7 Å². The highest BCUT2D eigenvalue weighted by Crippen LogP contribution is 2.29. The third-order valence-electron chi connectivity index (χ3n) is 2.34. The first-order chi connectivity index (χ1) is 7.18. The summed E-state index contributed by atoms with van der Waals surface area (Å²) in [5.41, 5.74) is 9.99. The fraction of sp³-hybridized carbons (Fsp3) is 0.0833. The highest BCUT2D eigenvalue weighted by Gasteiger charge is 2.05. The van der Waals surface area contributed by atoms with Crippen LogP contribution >= 0.6 is 15.9 Å². The molecule has 0 spiro atoms. The number of anilines is 1. The van der Waals surface area contributed by atoms with Gasteiger partial charge in [0.05, 0.1) is 11.9 Å². The molecule has 0 saturated carbocycles. The number of nitrogen functional groups attached to an aromatic ring is 1. The van der Waals surface area contributed by atoms with Crippen LogP contribution in [0.15, 0.2) is 41.1 Å². The fourth-order valence-corrected chi connectivity index (χ4v) is 1.88. The van der Waals surface area contributed by atoms with Gasteiger partial charge in [-0.1, -0.05) is 24.3 Å². The van der Waals surface area contributed by atoms with E-state index < -0.39 is 0 Å². The number of nitrogens with zero attached hydrogens (tertiary/aromatic N) is 1. The Morgan fingerprint density at radius 2 is 1.93 bits per heavy atom. The summed E-state index contributed by atoms with van der Waals surface area (Å²) >= 11 is 3.35. The van der Waals surface area contributed by atoms with Gasteiger partial charge in [-0.25, -0.2) is 4.98 Å². The van der Waals surface area contributed by atoms with Crippen LogP contribution in [-0.2, 0) is 0 Å². The van der Waals surface area contributed by atoms with Crippen molar-refractivity contribution in [3.8, 4) is 11.1 Å². The first-order valence-electron chi connectivity index (χ1n) is 4.65. The van der Waals surface area contributed by atoms with Gasteiger partial charge in [0.2, 0.25) is 0 Å². The molecule has 2 nitrogen and oxygen atoms in total. The number of aryl methyl sites for hydroxylation is 1. The van der Waals surface area contributed by atoms with Crippen LogP contribution in [0.2, 0.25) is 0 Å². The first kappa shape index (κ1) is 10.2. The first-order valence-corrected chi connectivity index (χ1v) is 5.45. The third kappa shape index (κ3) is 2.02. The molecule has 0 aliphatic carbocycles. The third-order valence-corrected chi connectivity index (χ3v) is 2.77. The van der Waals surface area contributed by atoms with Crippen LogP contribution in [0.3, 0.4) is 0 Å². The second-order valence-corrected chi connectivity index (χ2v) is 4.22. The maximum Gasteiger partial charge on any atom is 0.106 e. The van der Waals surface area contributed by atoms with E-state index in [9.17, 15) is 0 Å². The molecule has 2 aromatic rings. The van der Waals surface area contributed by atoms with Gasteiger partial charge in [0, 0.05) is 5.56 Å². The van der Waals surface area contributed by atoms with Crippen LogP contribution in [0.5, 0.6) is 0 Å². The normalized spacial score (nSPS) is 10.3. The van der Waals surface area contributed by atoms with E-state index in [1.165, 1.54) is 5.56 Å². The molecular formula is C12H11BrN2. The highest BCUT2D eigenvalue weighted by atomic mass is 79.9. The lowest BCUT2D eigenvalue weighted by molar-refractivity contribution is 1.28. The SMILES string of the molecule is Cc1ccccc1-c1cc(Br)ncc1N. The zero-order chi connectivity index (χ0) is 10.8. The molecule has 76 valence electrons. The van der Waals surface area contributed by atoms with E-state index in [2.05, 4.69) is 40.0 Å². The number of hydrogen-bond donors (Lipinski definition) is 1. The van der Waals surface area contributed by atoms with Crippen molar-refractivity contribution in [3.63, 3.8) is 0 Å². The second-order valence-electron chi connectivity index (χ2n) is 3.41. The molecule has 0 radical (unpaired) electrons. The molecule has 15 heavy (non-hydrogen) atoms. The van der Waals surface area contributed by atoms with Crippen molar-refractivity contribution in [1.29, 1.82) is 0 Å². The van der Waals surface area contributed by atoms with Crippen molar-refractivity contribution in [1.82, 2.24) is 4.98 Å². The summed E-state index contributed by atoms with van der Waals surface area (Å²) in [4.78, 5) is 4.09. The van der Waals surface area contributed by atoms with Gasteiger partial charge in [-0.15, -0.1) is 0 Å². The number of rotatable bonds is 1. The number of hydrogen-bond acceptors (Lipinski definition) is 2. The monoisotopic (exact) mass is 262 g/mol. The predicted octanol–water partition coefficient (Wildman–Crippen LogP) is 3.40. The van der Waals surface area contributed by atoms with Gasteiger partial charge in [-0.2, -0.15) is 0 Å². The summed E-state index contributed by atoms with van der Waals surface area (Å²) in [6, 6.07) is 10.1. The average molecular weight is 263 g/mol. The molecule has 2 rings (SSSR count). The van der Waals surface area contributed by atoms with Gasteiger partial charge in [-0.05, 0) is 40.0 Å². The molecule has 0 bridgehead atoms. The highest BCUT2D eigenvalue weighted by molar-refractivity contribution is 9.10. The van der Waals surface area contributed by atoms with Crippen molar-refractivity contribution in [2.75, 3.05) is 5.73 Å². The molecule has 0 amide bonds. The maximum absolute atomic E-state index is 5.91. The molecule has 0 atom stereocenters. The van der Waals surface area contributed by atoms with Crippen molar-refractivity contribution >= 4 is 21.6 Å². The Hall–Kier alpha value is -1.35. The summed E-state index contributed by atoms with van der Waals surface area (Å²) in [6.45, 7) is 2.07. The standard InChI is InChI=1S/C12H11BrN2/c1-8-4-2-3-5-9(8)10-6-12(13)15-7-11(10)14/h2-7H,14H2,1H3. The molecule has 0 unspecified atom stereocenters. The van der Waals surface area contributed by atoms with Crippen molar-refractivity contribution in [2.45, 2.75) is 6.92 Å². The molecule has 0 aliphatic heterocycles. The minimum Gasteiger partial charge on any atom is -0.397 e. The van der Waals surface area contributed by atoms with Gasteiger partial charge in [0.25, 0.3) is 0 Å². The fourth-order valence-electron chi connectivity index (χ4n) is 1.55. The van der Waals surface area contributed by atoms with E-state index in [1.807, 2.05) is 18.2 Å². The van der Waals surface area contributed by atoms with Gasteiger partial charge in [-0.3, -0.25) is 0 Å². The van der Waals surface area contributed by atoms with Crippen LogP contribution < -0.4 is 5.73 Å². The minimum absolute atomic E-state index is 0.701. The van der Waals surface area contributed by atoms with Crippen LogP contribution in [0.4, 0.5) is 5.69 Å². The van der Waals surface area contributed by atoms with Crippen molar-refractivity contribution < 1.29 is 0 Å². The molecule has 0 fully saturated rings. The Morgan fingerprint density at radius 3 is 2.67 bits per heavy atom. The summed E-state index contributed by atoms with van der Waals surface area (Å²) in [5, 5.41) is 0. The Labute approximate surface area is 97.3 Å². The van der Waals surface area contributed by atoms with Crippen LogP contribution in [0.1, 0.15) is 5.56 Å². The van der Waals surface area contributed by atoms with Crippen LogP contribution in [0, 0.1) is 6.92 Å². The molecule has 1 aromatic heterocycles. The lowest BCUT2D eigenvalue weighted by atomic mass is 10.0. The molecule has 1 heterocycles. The zero-order valence-electron chi connectivity index (χ0n) is 8.37. The summed E-state index contributed by atoms with van der Waals surface area (Å²) in [5.74, 6) is 0. The Bertz CT molecular complexity index is 495. The van der Waals surface area contributed by atoms with E-state index in [0.29, 0.717) is 5.69 Å². The van der Waals surface area contributed by atoms with Gasteiger partial charge in [0.15, 0.2) is 0 Å². The lowest BCUT2D eigenvalue weighted by Gasteiger charge is -2.08. The maximum atomic E-state index is 5.91. The van der Waals surface area contributed by atoms with Crippen molar-refractivity contribution in [2.24, 2.45) is 0 Å². The number of pyridine rings is 1. The number of aromatic nitrogens is 1. The quantitative estimate of drug-likeness (QED) is 0.801. The smallest absolute Gasteiger partial charge is 0.106 e. The van der Waals surface area contributed by atoms with Gasteiger partial charge in [0.1, 0.15) is 4.60 Å². The largest absolute Gasteiger partial charge is 0.397 e. The summed E-state index contributed by atoms with van der Waals surface area (Å²) in [6.07, 6.45) is 1.67. The summed E-state index contributed by atoms with van der Waals surface area (Å²) < 4.78 is 0.801. The topological polar surface area (TPSA) is 38.9 Å². The van der Waals surface area contributed by atoms with E-state index in [-0.39, 0.29) is 0 Å². The molecule has 3 heteroatoms. The van der Waals surface area contributed by atoms with Crippen LogP contribution in [-0.4, -0.2) is 4.98 Å². The number of benzene rings is 1. The predicted molar refractivity (Wildman–Crippen MR) is 66.5 cm³/mol. The van der Waals surface area contributed by atoms with E-state index in [0.717, 1.165) is 15.7 Å². The van der Waals surface area contributed by atoms with E-state index in [1.54, 1.807) is 6.20 Å². The Kier molecular flexibility index (Phi) is 2.73. The van der Waals surface area contributed by atoms with Gasteiger partial charge >= 0.3 is 0 Å². The van der Waals surface area contributed by atoms with Crippen LogP contribution in [0.25, 0.3) is 11.1 Å². The lowest BCUT2D eigenvalue weighted by Crippen LogP contribution is -1.93.